The summed E-state index contributed by atoms with van der Waals surface area (Å²) in [6.07, 6.45) is 1.70. The third-order valence-electron chi connectivity index (χ3n) is 3.39. The average molecular weight is 321 g/mol. The molecule has 0 radical (unpaired) electrons. The summed E-state index contributed by atoms with van der Waals surface area (Å²) in [7, 11) is 0. The highest BCUT2D eigenvalue weighted by atomic mass is 16.5. The molecule has 1 amide bonds. The molecule has 1 rings (SSSR count). The molecule has 0 aliphatic rings. The molecule has 0 aliphatic heterocycles. The first kappa shape index (κ1) is 19.0. The van der Waals surface area contributed by atoms with Gasteiger partial charge in [-0.15, -0.1) is 0 Å². The summed E-state index contributed by atoms with van der Waals surface area (Å²) in [5.74, 6) is -0.555. The van der Waals surface area contributed by atoms with E-state index in [1.54, 1.807) is 0 Å². The molecule has 0 aliphatic carbocycles. The Kier molecular flexibility index (Phi) is 8.16. The van der Waals surface area contributed by atoms with Crippen molar-refractivity contribution >= 4 is 11.9 Å². The van der Waals surface area contributed by atoms with Gasteiger partial charge >= 0.3 is 5.97 Å². The SMILES string of the molecule is CCCOc1cccc(CC(=O)NCC(CC(C)C)C(=O)O)c1. The van der Waals surface area contributed by atoms with Crippen molar-refractivity contribution in [2.75, 3.05) is 13.2 Å². The van der Waals surface area contributed by atoms with E-state index in [1.165, 1.54) is 0 Å². The van der Waals surface area contributed by atoms with Crippen LogP contribution in [0.25, 0.3) is 0 Å². The Morgan fingerprint density at radius 3 is 2.65 bits per heavy atom. The fourth-order valence-electron chi connectivity index (χ4n) is 2.29. The second-order valence-electron chi connectivity index (χ2n) is 6.14. The lowest BCUT2D eigenvalue weighted by molar-refractivity contribution is -0.142. The lowest BCUT2D eigenvalue weighted by Crippen LogP contribution is -2.34. The quantitative estimate of drug-likeness (QED) is 0.695. The molecule has 5 nitrogen and oxygen atoms in total. The zero-order chi connectivity index (χ0) is 17.2. The predicted molar refractivity (Wildman–Crippen MR) is 89.5 cm³/mol. The summed E-state index contributed by atoms with van der Waals surface area (Å²) in [6.45, 7) is 6.79. The Hall–Kier alpha value is -2.04. The van der Waals surface area contributed by atoms with Gasteiger partial charge in [-0.1, -0.05) is 32.9 Å². The van der Waals surface area contributed by atoms with Gasteiger partial charge < -0.3 is 15.2 Å². The third-order valence-corrected chi connectivity index (χ3v) is 3.39. The van der Waals surface area contributed by atoms with Gasteiger partial charge in [-0.2, -0.15) is 0 Å². The molecular weight excluding hydrogens is 294 g/mol. The van der Waals surface area contributed by atoms with Crippen LogP contribution in [0.3, 0.4) is 0 Å². The molecule has 0 spiro atoms. The number of hydrogen-bond donors (Lipinski definition) is 2. The number of amides is 1. The zero-order valence-electron chi connectivity index (χ0n) is 14.2. The highest BCUT2D eigenvalue weighted by Crippen LogP contribution is 2.14. The van der Waals surface area contributed by atoms with Crippen LogP contribution >= 0.6 is 0 Å². The second kappa shape index (κ2) is 9.87. The molecule has 0 heterocycles. The number of carboxylic acids is 1. The Morgan fingerprint density at radius 2 is 2.04 bits per heavy atom. The minimum atomic E-state index is -0.867. The molecule has 5 heteroatoms. The van der Waals surface area contributed by atoms with Crippen LogP contribution in [-0.4, -0.2) is 30.1 Å². The molecular formula is C18H27NO4. The van der Waals surface area contributed by atoms with E-state index in [2.05, 4.69) is 5.32 Å². The number of carbonyl (C=O) groups is 2. The van der Waals surface area contributed by atoms with Crippen LogP contribution in [0, 0.1) is 11.8 Å². The summed E-state index contributed by atoms with van der Waals surface area (Å²) in [4.78, 5) is 23.2. The molecule has 0 fully saturated rings. The van der Waals surface area contributed by atoms with E-state index < -0.39 is 11.9 Å². The maximum atomic E-state index is 12.0. The molecule has 1 aromatic rings. The second-order valence-corrected chi connectivity index (χ2v) is 6.14. The molecule has 2 N–H and O–H groups in total. The lowest BCUT2D eigenvalue weighted by atomic mass is 9.97. The topological polar surface area (TPSA) is 75.6 Å². The monoisotopic (exact) mass is 321 g/mol. The first-order valence-electron chi connectivity index (χ1n) is 8.13. The van der Waals surface area contributed by atoms with Gasteiger partial charge in [-0.25, -0.2) is 0 Å². The maximum absolute atomic E-state index is 12.0. The summed E-state index contributed by atoms with van der Waals surface area (Å²) >= 11 is 0. The first-order valence-corrected chi connectivity index (χ1v) is 8.13. The Morgan fingerprint density at radius 1 is 1.30 bits per heavy atom. The van der Waals surface area contributed by atoms with Crippen molar-refractivity contribution in [1.82, 2.24) is 5.32 Å². The molecule has 0 bridgehead atoms. The van der Waals surface area contributed by atoms with E-state index in [9.17, 15) is 14.7 Å². The Bertz CT molecular complexity index is 513. The minimum absolute atomic E-state index is 0.165. The molecule has 1 unspecified atom stereocenters. The van der Waals surface area contributed by atoms with E-state index in [0.717, 1.165) is 17.7 Å². The van der Waals surface area contributed by atoms with Gasteiger partial charge in [-0.05, 0) is 36.5 Å². The van der Waals surface area contributed by atoms with Gasteiger partial charge in [0, 0.05) is 6.54 Å². The van der Waals surface area contributed by atoms with E-state index in [1.807, 2.05) is 45.0 Å². The minimum Gasteiger partial charge on any atom is -0.494 e. The summed E-state index contributed by atoms with van der Waals surface area (Å²) in [6, 6.07) is 7.42. The van der Waals surface area contributed by atoms with E-state index in [4.69, 9.17) is 4.74 Å². The first-order chi connectivity index (χ1) is 10.9. The number of nitrogens with one attached hydrogen (secondary N) is 1. The van der Waals surface area contributed by atoms with E-state index in [0.29, 0.717) is 13.0 Å². The third kappa shape index (κ3) is 7.68. The van der Waals surface area contributed by atoms with Crippen molar-refractivity contribution in [3.63, 3.8) is 0 Å². The van der Waals surface area contributed by atoms with Crippen molar-refractivity contribution in [2.24, 2.45) is 11.8 Å². The molecule has 0 saturated heterocycles. The maximum Gasteiger partial charge on any atom is 0.308 e. The molecule has 0 aromatic heterocycles. The van der Waals surface area contributed by atoms with Crippen molar-refractivity contribution in [3.05, 3.63) is 29.8 Å². The van der Waals surface area contributed by atoms with Crippen molar-refractivity contribution in [3.8, 4) is 5.75 Å². The Balaban J connectivity index is 2.51. The number of hydrogen-bond acceptors (Lipinski definition) is 3. The van der Waals surface area contributed by atoms with Gasteiger partial charge in [0.1, 0.15) is 5.75 Å². The van der Waals surface area contributed by atoms with Crippen LogP contribution in [0.1, 0.15) is 39.2 Å². The smallest absolute Gasteiger partial charge is 0.308 e. The highest BCUT2D eigenvalue weighted by molar-refractivity contribution is 5.79. The highest BCUT2D eigenvalue weighted by Gasteiger charge is 2.19. The number of ether oxygens (including phenoxy) is 1. The van der Waals surface area contributed by atoms with Crippen LogP contribution in [0.5, 0.6) is 5.75 Å². The molecule has 128 valence electrons. The summed E-state index contributed by atoms with van der Waals surface area (Å²) in [5.41, 5.74) is 0.854. The van der Waals surface area contributed by atoms with E-state index in [-0.39, 0.29) is 24.8 Å². The van der Waals surface area contributed by atoms with Crippen LogP contribution in [0.2, 0.25) is 0 Å². The number of rotatable bonds is 10. The summed E-state index contributed by atoms with van der Waals surface area (Å²) in [5, 5.41) is 11.9. The van der Waals surface area contributed by atoms with Gasteiger partial charge in [0.05, 0.1) is 18.9 Å². The van der Waals surface area contributed by atoms with Gasteiger partial charge in [-0.3, -0.25) is 9.59 Å². The Labute approximate surface area is 138 Å². The molecule has 0 saturated carbocycles. The van der Waals surface area contributed by atoms with Gasteiger partial charge in [0.15, 0.2) is 0 Å². The standard InChI is InChI=1S/C18H27NO4/c1-4-8-23-16-7-5-6-14(10-16)11-17(20)19-12-15(18(21)22)9-13(2)3/h5-7,10,13,15H,4,8-9,11-12H2,1-3H3,(H,19,20)(H,21,22). The summed E-state index contributed by atoms with van der Waals surface area (Å²) < 4.78 is 5.54. The van der Waals surface area contributed by atoms with Crippen molar-refractivity contribution in [1.29, 1.82) is 0 Å². The van der Waals surface area contributed by atoms with E-state index >= 15 is 0 Å². The van der Waals surface area contributed by atoms with Gasteiger partial charge in [0.2, 0.25) is 5.91 Å². The normalized spacial score (nSPS) is 12.0. The van der Waals surface area contributed by atoms with Gasteiger partial charge in [0.25, 0.3) is 0 Å². The van der Waals surface area contributed by atoms with Crippen molar-refractivity contribution < 1.29 is 19.4 Å². The van der Waals surface area contributed by atoms with Crippen LogP contribution in [0.15, 0.2) is 24.3 Å². The molecule has 1 atom stereocenters. The number of carbonyl (C=O) groups excluding carboxylic acids is 1. The molecule has 1 aromatic carbocycles. The van der Waals surface area contributed by atoms with Crippen LogP contribution in [-0.2, 0) is 16.0 Å². The number of carboxylic acid groups (broad SMARTS) is 1. The van der Waals surface area contributed by atoms with Crippen LogP contribution < -0.4 is 10.1 Å². The molecule has 23 heavy (non-hydrogen) atoms. The fourth-order valence-corrected chi connectivity index (χ4v) is 2.29. The lowest BCUT2D eigenvalue weighted by Gasteiger charge is -2.15. The fraction of sp³-hybridized carbons (Fsp3) is 0.556. The van der Waals surface area contributed by atoms with Crippen molar-refractivity contribution in [2.45, 2.75) is 40.0 Å². The average Bonchev–Trinajstić information content (AvgIpc) is 2.49. The predicted octanol–water partition coefficient (Wildman–Crippen LogP) is 2.88. The zero-order valence-corrected chi connectivity index (χ0v) is 14.2. The number of aliphatic carboxylic acids is 1. The number of benzene rings is 1. The largest absolute Gasteiger partial charge is 0.494 e. The van der Waals surface area contributed by atoms with Crippen LogP contribution in [0.4, 0.5) is 0 Å².